The summed E-state index contributed by atoms with van der Waals surface area (Å²) < 4.78 is 1.81. The van der Waals surface area contributed by atoms with Gasteiger partial charge in [0, 0.05) is 42.2 Å². The molecule has 0 saturated heterocycles. The molecule has 4 heterocycles. The number of nitrogens with one attached hydrogen (secondary N) is 2. The van der Waals surface area contributed by atoms with Crippen LogP contribution in [0.25, 0.3) is 16.8 Å². The number of anilines is 2. The van der Waals surface area contributed by atoms with Gasteiger partial charge < -0.3 is 16.0 Å². The zero-order valence-electron chi connectivity index (χ0n) is 23.5. The number of benzene rings is 1. The number of H-pyrrole nitrogens is 1. The summed E-state index contributed by atoms with van der Waals surface area (Å²) in [5, 5.41) is 13.7. The van der Waals surface area contributed by atoms with Crippen molar-refractivity contribution in [3.8, 4) is 11.1 Å². The zero-order valence-corrected chi connectivity index (χ0v) is 23.5. The average Bonchev–Trinajstić information content (AvgIpc) is 3.69. The Morgan fingerprint density at radius 2 is 1.80 bits per heavy atom. The lowest BCUT2D eigenvalue weighted by Crippen LogP contribution is -2.17. The van der Waals surface area contributed by atoms with Crippen molar-refractivity contribution in [3.05, 3.63) is 72.2 Å². The molecule has 1 saturated carbocycles. The standard InChI is InChI=1S/C12H14N6.C12H12N2O2.C6H12/c1-7(2)11-9(8-5-14-15-6-8)3-4-10-16-12(13)17-18(10)11;1-3-11(15)13-9-5-4-8-7-14(2)12(16)10(8)6-9;1-2-4-6-5-3-1/h3-7H,1-2H3,(H2,13,17)(H,14,15);3-6H,1,7H2,2H3,(H,13,15);1-6H2. The highest BCUT2D eigenvalue weighted by Crippen LogP contribution is 2.29. The van der Waals surface area contributed by atoms with Crippen molar-refractivity contribution in [1.29, 1.82) is 0 Å². The molecule has 4 aromatic rings. The molecule has 1 aromatic carbocycles. The van der Waals surface area contributed by atoms with Gasteiger partial charge in [0.1, 0.15) is 0 Å². The monoisotopic (exact) mass is 542 g/mol. The highest BCUT2D eigenvalue weighted by atomic mass is 16.2. The number of carbonyl (C=O) groups is 2. The van der Waals surface area contributed by atoms with Crippen LogP contribution >= 0.6 is 0 Å². The molecule has 3 aromatic heterocycles. The van der Waals surface area contributed by atoms with Crippen LogP contribution in [0.1, 0.15) is 79.9 Å². The van der Waals surface area contributed by atoms with Gasteiger partial charge >= 0.3 is 0 Å². The number of fused-ring (bicyclic) bond motifs is 2. The van der Waals surface area contributed by atoms with E-state index >= 15 is 0 Å². The van der Waals surface area contributed by atoms with Crippen molar-refractivity contribution in [2.75, 3.05) is 18.1 Å². The SMILES string of the molecule is C1CCCCC1.C=CC(=O)Nc1ccc2c(c1)C(=O)N(C)C2.CC(C)c1c(-c2cn[nH]c2)ccc2nc(N)nn12. The van der Waals surface area contributed by atoms with Crippen LogP contribution in [0.5, 0.6) is 0 Å². The number of hydrogen-bond acceptors (Lipinski definition) is 6. The zero-order chi connectivity index (χ0) is 28.6. The molecule has 40 heavy (non-hydrogen) atoms. The van der Waals surface area contributed by atoms with E-state index in [0.29, 0.717) is 29.7 Å². The molecule has 210 valence electrons. The molecule has 0 atom stereocenters. The number of nitrogens with zero attached hydrogens (tertiary/aromatic N) is 5. The van der Waals surface area contributed by atoms with Gasteiger partial charge in [-0.05, 0) is 41.8 Å². The van der Waals surface area contributed by atoms with Crippen molar-refractivity contribution < 1.29 is 9.59 Å². The second-order valence-corrected chi connectivity index (χ2v) is 10.4. The van der Waals surface area contributed by atoms with E-state index in [1.807, 2.05) is 28.9 Å². The largest absolute Gasteiger partial charge is 0.366 e. The summed E-state index contributed by atoms with van der Waals surface area (Å²) in [5.41, 5.74) is 11.9. The summed E-state index contributed by atoms with van der Waals surface area (Å²) in [6, 6.07) is 9.28. The lowest BCUT2D eigenvalue weighted by atomic mass is 10.00. The van der Waals surface area contributed by atoms with Crippen molar-refractivity contribution in [1.82, 2.24) is 29.7 Å². The average molecular weight is 543 g/mol. The van der Waals surface area contributed by atoms with E-state index in [-0.39, 0.29) is 11.8 Å². The fourth-order valence-corrected chi connectivity index (χ4v) is 4.96. The van der Waals surface area contributed by atoms with Gasteiger partial charge in [0.05, 0.1) is 11.9 Å². The molecule has 10 heteroatoms. The molecule has 2 aliphatic rings. The van der Waals surface area contributed by atoms with Crippen molar-refractivity contribution in [3.63, 3.8) is 0 Å². The molecule has 0 radical (unpaired) electrons. The summed E-state index contributed by atoms with van der Waals surface area (Å²) in [5.74, 6) is 0.310. The second-order valence-electron chi connectivity index (χ2n) is 10.4. The van der Waals surface area contributed by atoms with E-state index < -0.39 is 0 Å². The first-order valence-corrected chi connectivity index (χ1v) is 13.7. The summed E-state index contributed by atoms with van der Waals surface area (Å²) >= 11 is 0. The molecule has 0 unspecified atom stereocenters. The molecule has 2 amide bonds. The van der Waals surface area contributed by atoms with Gasteiger partial charge in [-0.3, -0.25) is 14.7 Å². The highest BCUT2D eigenvalue weighted by Gasteiger charge is 2.24. The predicted octanol–water partition coefficient (Wildman–Crippen LogP) is 5.56. The Labute approximate surface area is 234 Å². The van der Waals surface area contributed by atoms with E-state index in [9.17, 15) is 9.59 Å². The van der Waals surface area contributed by atoms with E-state index in [4.69, 9.17) is 5.73 Å². The van der Waals surface area contributed by atoms with Crippen molar-refractivity contribution >= 4 is 29.1 Å². The first kappa shape index (κ1) is 28.5. The smallest absolute Gasteiger partial charge is 0.254 e. The maximum absolute atomic E-state index is 11.7. The molecule has 10 nitrogen and oxygen atoms in total. The van der Waals surface area contributed by atoms with Crippen LogP contribution in [0.15, 0.2) is 55.4 Å². The number of nitrogen functional groups attached to an aromatic ring is 1. The predicted molar refractivity (Wildman–Crippen MR) is 158 cm³/mol. The van der Waals surface area contributed by atoms with Crippen LogP contribution in [-0.4, -0.2) is 48.6 Å². The van der Waals surface area contributed by atoms with Crippen LogP contribution in [-0.2, 0) is 11.3 Å². The van der Waals surface area contributed by atoms with Gasteiger partial charge in [0.15, 0.2) is 5.65 Å². The maximum atomic E-state index is 11.7. The van der Waals surface area contributed by atoms with Crippen LogP contribution in [0.3, 0.4) is 0 Å². The number of amides is 2. The number of aromatic nitrogens is 5. The third-order valence-electron chi connectivity index (χ3n) is 6.96. The minimum absolute atomic E-state index is 0.00954. The van der Waals surface area contributed by atoms with Crippen LogP contribution < -0.4 is 11.1 Å². The van der Waals surface area contributed by atoms with E-state index in [2.05, 4.69) is 46.0 Å². The van der Waals surface area contributed by atoms with E-state index in [0.717, 1.165) is 28.0 Å². The summed E-state index contributed by atoms with van der Waals surface area (Å²) in [4.78, 5) is 28.6. The fraction of sp³-hybridized carbons (Fsp3) is 0.367. The number of aromatic amines is 1. The second kappa shape index (κ2) is 13.1. The maximum Gasteiger partial charge on any atom is 0.254 e. The Bertz CT molecular complexity index is 1460. The number of hydrogen-bond donors (Lipinski definition) is 3. The molecule has 0 spiro atoms. The van der Waals surface area contributed by atoms with Crippen molar-refractivity contribution in [2.24, 2.45) is 0 Å². The minimum atomic E-state index is -0.279. The topological polar surface area (TPSA) is 134 Å². The molecule has 1 aliphatic heterocycles. The lowest BCUT2D eigenvalue weighted by molar-refractivity contribution is -0.111. The molecule has 1 aliphatic carbocycles. The normalized spacial score (nSPS) is 14.2. The molecule has 4 N–H and O–H groups in total. The van der Waals surface area contributed by atoms with Gasteiger partial charge in [-0.25, -0.2) is 4.52 Å². The molecule has 0 bridgehead atoms. The molecular weight excluding hydrogens is 504 g/mol. The number of carbonyl (C=O) groups excluding carboxylic acids is 2. The van der Waals surface area contributed by atoms with Gasteiger partial charge in [-0.2, -0.15) is 10.1 Å². The van der Waals surface area contributed by atoms with Gasteiger partial charge in [-0.1, -0.05) is 65.0 Å². The highest BCUT2D eigenvalue weighted by molar-refractivity contribution is 6.02. The number of rotatable bonds is 4. The summed E-state index contributed by atoms with van der Waals surface area (Å²) in [6.07, 6.45) is 13.9. The van der Waals surface area contributed by atoms with Gasteiger partial charge in [0.2, 0.25) is 11.9 Å². The molecule has 6 rings (SSSR count). The third-order valence-corrected chi connectivity index (χ3v) is 6.96. The quantitative estimate of drug-likeness (QED) is 0.289. The first-order chi connectivity index (χ1) is 19.3. The number of nitrogens with two attached hydrogens (primary N) is 1. The summed E-state index contributed by atoms with van der Waals surface area (Å²) in [6.45, 7) is 8.24. The van der Waals surface area contributed by atoms with Gasteiger partial charge in [-0.15, -0.1) is 5.10 Å². The van der Waals surface area contributed by atoms with E-state index in [1.165, 1.54) is 44.6 Å². The Hall–Kier alpha value is -4.47. The minimum Gasteiger partial charge on any atom is -0.366 e. The van der Waals surface area contributed by atoms with Gasteiger partial charge in [0.25, 0.3) is 5.91 Å². The lowest BCUT2D eigenvalue weighted by Gasteiger charge is -2.12. The Morgan fingerprint density at radius 1 is 1.10 bits per heavy atom. The third kappa shape index (κ3) is 6.74. The van der Waals surface area contributed by atoms with Crippen molar-refractivity contribution in [2.45, 2.75) is 64.8 Å². The molecule has 1 fully saturated rings. The fourth-order valence-electron chi connectivity index (χ4n) is 4.96. The Kier molecular flexibility index (Phi) is 9.31. The Balaban J connectivity index is 0.000000154. The Morgan fingerprint density at radius 3 is 2.40 bits per heavy atom. The van der Waals surface area contributed by atoms with Crippen LogP contribution in [0, 0.1) is 0 Å². The van der Waals surface area contributed by atoms with Crippen LogP contribution in [0.2, 0.25) is 0 Å². The van der Waals surface area contributed by atoms with E-state index in [1.54, 1.807) is 30.3 Å². The number of pyridine rings is 1. The van der Waals surface area contributed by atoms with Crippen LogP contribution in [0.4, 0.5) is 11.6 Å². The summed E-state index contributed by atoms with van der Waals surface area (Å²) in [7, 11) is 1.75. The molecular formula is C30H38N8O2. The first-order valence-electron chi connectivity index (χ1n) is 13.7.